The first-order valence-corrected chi connectivity index (χ1v) is 6.16. The molecule has 0 atom stereocenters. The van der Waals surface area contributed by atoms with Crippen LogP contribution in [0, 0.1) is 17.0 Å². The molecule has 1 aromatic heterocycles. The molecule has 4 N–H and O–H groups in total. The zero-order valence-electron chi connectivity index (χ0n) is 12.0. The number of rotatable bonds is 6. The predicted molar refractivity (Wildman–Crippen MR) is 75.4 cm³/mol. The van der Waals surface area contributed by atoms with Crippen molar-refractivity contribution in [1.29, 1.82) is 0 Å². The Balaban J connectivity index is 3.38. The number of hydrazine groups is 1. The van der Waals surface area contributed by atoms with Crippen LogP contribution in [0.25, 0.3) is 0 Å². The molecule has 0 spiro atoms. The van der Waals surface area contributed by atoms with E-state index in [0.29, 0.717) is 6.54 Å². The molecule has 0 saturated carbocycles. The average Bonchev–Trinajstić information content (AvgIpc) is 2.33. The largest absolute Gasteiger partial charge is 0.389 e. The molecule has 1 rings (SSSR count). The van der Waals surface area contributed by atoms with Crippen LogP contribution in [0.1, 0.15) is 26.5 Å². The molecular weight excluding hydrogens is 264 g/mol. The fourth-order valence-electron chi connectivity index (χ4n) is 1.85. The van der Waals surface area contributed by atoms with E-state index in [9.17, 15) is 15.2 Å². The maximum Gasteiger partial charge on any atom is 0.332 e. The first-order valence-electron chi connectivity index (χ1n) is 6.16. The highest BCUT2D eigenvalue weighted by molar-refractivity contribution is 5.62. The van der Waals surface area contributed by atoms with E-state index in [-0.39, 0.29) is 29.7 Å². The van der Waals surface area contributed by atoms with E-state index in [4.69, 9.17) is 5.84 Å². The van der Waals surface area contributed by atoms with Crippen LogP contribution in [0.15, 0.2) is 0 Å². The highest BCUT2D eigenvalue weighted by atomic mass is 16.6. The van der Waals surface area contributed by atoms with Crippen LogP contribution in [-0.2, 0) is 0 Å². The Bertz CT molecular complexity index is 500. The highest BCUT2D eigenvalue weighted by Gasteiger charge is 2.28. The number of anilines is 2. The maximum atomic E-state index is 11.2. The lowest BCUT2D eigenvalue weighted by molar-refractivity contribution is -0.385. The van der Waals surface area contributed by atoms with Crippen LogP contribution in [0.5, 0.6) is 0 Å². The number of aliphatic hydroxyl groups is 1. The molecule has 0 unspecified atom stereocenters. The Labute approximate surface area is 116 Å². The molecule has 0 bridgehead atoms. The molecule has 0 aliphatic rings. The highest BCUT2D eigenvalue weighted by Crippen LogP contribution is 2.30. The van der Waals surface area contributed by atoms with Crippen molar-refractivity contribution in [3.05, 3.63) is 15.8 Å². The molecule has 112 valence electrons. The Morgan fingerprint density at radius 3 is 2.50 bits per heavy atom. The molecule has 9 nitrogen and oxygen atoms in total. The number of nitrogens with zero attached hydrogens (tertiary/aromatic N) is 4. The summed E-state index contributed by atoms with van der Waals surface area (Å²) in [6, 6.07) is 0. The van der Waals surface area contributed by atoms with E-state index >= 15 is 0 Å². The molecule has 9 heteroatoms. The molecule has 0 fully saturated rings. The van der Waals surface area contributed by atoms with Crippen molar-refractivity contribution in [2.24, 2.45) is 5.84 Å². The normalized spacial score (nSPS) is 11.3. The van der Waals surface area contributed by atoms with Gasteiger partial charge in [0.15, 0.2) is 0 Å². The number of nitrogens with two attached hydrogens (primary N) is 1. The zero-order valence-corrected chi connectivity index (χ0v) is 12.0. The van der Waals surface area contributed by atoms with Crippen LogP contribution in [0.4, 0.5) is 17.5 Å². The Morgan fingerprint density at radius 1 is 1.50 bits per heavy atom. The Morgan fingerprint density at radius 2 is 2.10 bits per heavy atom. The van der Waals surface area contributed by atoms with Crippen molar-refractivity contribution in [3.8, 4) is 0 Å². The van der Waals surface area contributed by atoms with Gasteiger partial charge in [-0.1, -0.05) is 0 Å². The van der Waals surface area contributed by atoms with Crippen molar-refractivity contribution < 1.29 is 10.0 Å². The Hall–Kier alpha value is -2.00. The minimum Gasteiger partial charge on any atom is -0.389 e. The first kappa shape index (κ1) is 16.1. The zero-order chi connectivity index (χ0) is 15.5. The molecule has 1 aromatic rings. The Kier molecular flexibility index (Phi) is 4.79. The van der Waals surface area contributed by atoms with E-state index in [1.807, 2.05) is 6.92 Å². The minimum absolute atomic E-state index is 0.0947. The average molecular weight is 284 g/mol. The van der Waals surface area contributed by atoms with Crippen molar-refractivity contribution in [3.63, 3.8) is 0 Å². The minimum atomic E-state index is -1.01. The third-order valence-electron chi connectivity index (χ3n) is 2.61. The fourth-order valence-corrected chi connectivity index (χ4v) is 1.85. The second-order valence-electron chi connectivity index (χ2n) is 5.03. The van der Waals surface area contributed by atoms with Gasteiger partial charge in [-0.2, -0.15) is 4.98 Å². The number of nitrogens with one attached hydrogen (secondary N) is 1. The summed E-state index contributed by atoms with van der Waals surface area (Å²) >= 11 is 0. The fraction of sp³-hybridized carbons (Fsp3) is 0.636. The SMILES string of the molecule is CCN(CC(C)(C)O)c1nc(NN)nc(C)c1[N+](=O)[O-]. The van der Waals surface area contributed by atoms with Crippen molar-refractivity contribution in [1.82, 2.24) is 9.97 Å². The summed E-state index contributed by atoms with van der Waals surface area (Å²) in [4.78, 5) is 20.3. The first-order chi connectivity index (χ1) is 9.19. The number of hydrogen-bond donors (Lipinski definition) is 3. The summed E-state index contributed by atoms with van der Waals surface area (Å²) in [6.45, 7) is 7.23. The van der Waals surface area contributed by atoms with E-state index in [2.05, 4.69) is 15.4 Å². The molecule has 20 heavy (non-hydrogen) atoms. The van der Waals surface area contributed by atoms with Gasteiger partial charge in [0.2, 0.25) is 11.8 Å². The third kappa shape index (κ3) is 3.75. The van der Waals surface area contributed by atoms with E-state index in [1.165, 1.54) is 6.92 Å². The van der Waals surface area contributed by atoms with Crippen LogP contribution in [0.3, 0.4) is 0 Å². The summed E-state index contributed by atoms with van der Waals surface area (Å²) in [6.07, 6.45) is 0. The van der Waals surface area contributed by atoms with Crippen LogP contribution in [0.2, 0.25) is 0 Å². The summed E-state index contributed by atoms with van der Waals surface area (Å²) in [5.74, 6) is 5.50. The molecular formula is C11H20N6O3. The molecule has 0 aliphatic heterocycles. The van der Waals surface area contributed by atoms with E-state index in [1.54, 1.807) is 18.7 Å². The van der Waals surface area contributed by atoms with Crippen LogP contribution < -0.4 is 16.2 Å². The lowest BCUT2D eigenvalue weighted by Crippen LogP contribution is -2.39. The summed E-state index contributed by atoms with van der Waals surface area (Å²) < 4.78 is 0. The number of aryl methyl sites for hydroxylation is 1. The summed E-state index contributed by atoms with van der Waals surface area (Å²) in [5.41, 5.74) is 1.29. The van der Waals surface area contributed by atoms with Crippen molar-refractivity contribution in [2.45, 2.75) is 33.3 Å². The lowest BCUT2D eigenvalue weighted by atomic mass is 10.1. The standard InChI is InChI=1S/C11H20N6O3/c1-5-16(6-11(3,4)18)9-8(17(19)20)7(2)13-10(14-9)15-12/h18H,5-6,12H2,1-4H3,(H,13,14,15). The van der Waals surface area contributed by atoms with Gasteiger partial charge in [-0.05, 0) is 27.7 Å². The van der Waals surface area contributed by atoms with Gasteiger partial charge in [0.05, 0.1) is 10.5 Å². The topological polar surface area (TPSA) is 130 Å². The van der Waals surface area contributed by atoms with Gasteiger partial charge < -0.3 is 10.0 Å². The predicted octanol–water partition coefficient (Wildman–Crippen LogP) is 0.576. The molecule has 0 amide bonds. The van der Waals surface area contributed by atoms with Crippen molar-refractivity contribution in [2.75, 3.05) is 23.4 Å². The van der Waals surface area contributed by atoms with Gasteiger partial charge >= 0.3 is 5.69 Å². The summed E-state index contributed by atoms with van der Waals surface area (Å²) in [5, 5.41) is 21.1. The number of likely N-dealkylation sites (N-methyl/N-ethyl adjacent to an activating group) is 1. The molecule has 0 saturated heterocycles. The number of aromatic nitrogens is 2. The van der Waals surface area contributed by atoms with Gasteiger partial charge in [0.1, 0.15) is 5.69 Å². The second-order valence-corrected chi connectivity index (χ2v) is 5.03. The third-order valence-corrected chi connectivity index (χ3v) is 2.61. The quantitative estimate of drug-likeness (QED) is 0.392. The number of nitrogen functional groups attached to an aromatic ring is 1. The number of nitro groups is 1. The molecule has 0 radical (unpaired) electrons. The van der Waals surface area contributed by atoms with Crippen molar-refractivity contribution >= 4 is 17.5 Å². The van der Waals surface area contributed by atoms with Gasteiger partial charge in [-0.3, -0.25) is 15.5 Å². The van der Waals surface area contributed by atoms with E-state index < -0.39 is 10.5 Å². The van der Waals surface area contributed by atoms with Gasteiger partial charge in [-0.25, -0.2) is 10.8 Å². The maximum absolute atomic E-state index is 11.2. The van der Waals surface area contributed by atoms with Gasteiger partial charge in [0.25, 0.3) is 0 Å². The number of hydrogen-bond acceptors (Lipinski definition) is 8. The second kappa shape index (κ2) is 5.97. The van der Waals surface area contributed by atoms with E-state index in [0.717, 1.165) is 0 Å². The molecule has 0 aromatic carbocycles. The smallest absolute Gasteiger partial charge is 0.332 e. The molecule has 0 aliphatic carbocycles. The summed E-state index contributed by atoms with van der Waals surface area (Å²) in [7, 11) is 0. The molecule has 1 heterocycles. The van der Waals surface area contributed by atoms with Gasteiger partial charge in [-0.15, -0.1) is 0 Å². The lowest BCUT2D eigenvalue weighted by Gasteiger charge is -2.28. The van der Waals surface area contributed by atoms with Crippen LogP contribution >= 0.6 is 0 Å². The van der Waals surface area contributed by atoms with Crippen LogP contribution in [-0.4, -0.2) is 38.7 Å². The van der Waals surface area contributed by atoms with Gasteiger partial charge in [0, 0.05) is 13.1 Å². The monoisotopic (exact) mass is 284 g/mol.